The zero-order valence-electron chi connectivity index (χ0n) is 9.30. The van der Waals surface area contributed by atoms with Gasteiger partial charge in [0.15, 0.2) is 0 Å². The van der Waals surface area contributed by atoms with Crippen LogP contribution >= 0.6 is 0 Å². The molecule has 0 bridgehead atoms. The zero-order chi connectivity index (χ0) is 11.4. The first-order valence-electron chi connectivity index (χ1n) is 5.48. The lowest BCUT2D eigenvalue weighted by molar-refractivity contribution is 0.219. The van der Waals surface area contributed by atoms with Crippen molar-refractivity contribution in [1.29, 1.82) is 0 Å². The molecule has 2 heteroatoms. The number of hydrogen-bond acceptors (Lipinski definition) is 2. The third kappa shape index (κ3) is 2.12. The average Bonchev–Trinajstić information content (AvgIpc) is 2.39. The molecule has 0 aliphatic carbocycles. The Morgan fingerprint density at radius 2 is 1.94 bits per heavy atom. The maximum absolute atomic E-state index is 10.3. The summed E-state index contributed by atoms with van der Waals surface area (Å²) in [6, 6.07) is 11.6. The molecule has 2 rings (SSSR count). The van der Waals surface area contributed by atoms with E-state index in [0.717, 1.165) is 23.1 Å². The van der Waals surface area contributed by atoms with Gasteiger partial charge in [0.05, 0.1) is 0 Å². The molecule has 16 heavy (non-hydrogen) atoms. The third-order valence-corrected chi connectivity index (χ3v) is 2.73. The number of aryl methyl sites for hydroxylation is 1. The highest BCUT2D eigenvalue weighted by Crippen LogP contribution is 2.24. The van der Waals surface area contributed by atoms with Gasteiger partial charge in [0.1, 0.15) is 6.10 Å². The summed E-state index contributed by atoms with van der Waals surface area (Å²) >= 11 is 0. The van der Waals surface area contributed by atoms with E-state index in [0.29, 0.717) is 0 Å². The Hall–Kier alpha value is -1.67. The van der Waals surface area contributed by atoms with Crippen LogP contribution in [0.2, 0.25) is 0 Å². The Morgan fingerprint density at radius 1 is 1.19 bits per heavy atom. The normalized spacial score (nSPS) is 12.4. The van der Waals surface area contributed by atoms with Gasteiger partial charge >= 0.3 is 0 Å². The standard InChI is InChI=1S/C14H15NO/c1-2-11-10-15-9-8-13(11)14(16)12-6-4-3-5-7-12/h3-10,14,16H,2H2,1H3. The van der Waals surface area contributed by atoms with Gasteiger partial charge in [-0.3, -0.25) is 4.98 Å². The number of hydrogen-bond donors (Lipinski definition) is 1. The maximum atomic E-state index is 10.3. The molecule has 1 atom stereocenters. The van der Waals surface area contributed by atoms with Gasteiger partial charge in [-0.1, -0.05) is 37.3 Å². The number of aromatic nitrogens is 1. The number of pyridine rings is 1. The lowest BCUT2D eigenvalue weighted by Gasteiger charge is -2.14. The lowest BCUT2D eigenvalue weighted by atomic mass is 9.97. The van der Waals surface area contributed by atoms with Crippen LogP contribution in [0.15, 0.2) is 48.8 Å². The minimum Gasteiger partial charge on any atom is -0.384 e. The molecule has 2 aromatic rings. The van der Waals surface area contributed by atoms with Crippen LogP contribution < -0.4 is 0 Å². The quantitative estimate of drug-likeness (QED) is 0.850. The number of nitrogens with zero attached hydrogens (tertiary/aromatic N) is 1. The van der Waals surface area contributed by atoms with Crippen molar-refractivity contribution in [2.75, 3.05) is 0 Å². The topological polar surface area (TPSA) is 33.1 Å². The van der Waals surface area contributed by atoms with Crippen LogP contribution in [0.3, 0.4) is 0 Å². The molecule has 0 saturated heterocycles. The summed E-state index contributed by atoms with van der Waals surface area (Å²) in [5, 5.41) is 10.3. The number of aliphatic hydroxyl groups excluding tert-OH is 1. The van der Waals surface area contributed by atoms with Crippen molar-refractivity contribution in [2.24, 2.45) is 0 Å². The molecule has 0 aliphatic rings. The van der Waals surface area contributed by atoms with Crippen molar-refractivity contribution in [3.8, 4) is 0 Å². The van der Waals surface area contributed by atoms with Crippen LogP contribution in [-0.2, 0) is 6.42 Å². The van der Waals surface area contributed by atoms with E-state index in [4.69, 9.17) is 0 Å². The van der Waals surface area contributed by atoms with Crippen molar-refractivity contribution in [3.05, 3.63) is 65.5 Å². The molecule has 1 aromatic carbocycles. The fraction of sp³-hybridized carbons (Fsp3) is 0.214. The second-order valence-electron chi connectivity index (χ2n) is 3.74. The average molecular weight is 213 g/mol. The summed E-state index contributed by atoms with van der Waals surface area (Å²) in [7, 11) is 0. The SMILES string of the molecule is CCc1cnccc1C(O)c1ccccc1. The summed E-state index contributed by atoms with van der Waals surface area (Å²) < 4.78 is 0. The molecule has 1 aromatic heterocycles. The summed E-state index contributed by atoms with van der Waals surface area (Å²) in [6.45, 7) is 2.07. The minimum atomic E-state index is -0.556. The smallest absolute Gasteiger partial charge is 0.104 e. The van der Waals surface area contributed by atoms with E-state index >= 15 is 0 Å². The summed E-state index contributed by atoms with van der Waals surface area (Å²) in [5.74, 6) is 0. The van der Waals surface area contributed by atoms with Gasteiger partial charge in [-0.15, -0.1) is 0 Å². The van der Waals surface area contributed by atoms with Crippen molar-refractivity contribution in [1.82, 2.24) is 4.98 Å². The van der Waals surface area contributed by atoms with Gasteiger partial charge in [-0.2, -0.15) is 0 Å². The Labute approximate surface area is 95.6 Å². The van der Waals surface area contributed by atoms with Crippen LogP contribution in [0.25, 0.3) is 0 Å². The van der Waals surface area contributed by atoms with Gasteiger partial charge in [-0.05, 0) is 29.2 Å². The second-order valence-corrected chi connectivity index (χ2v) is 3.74. The zero-order valence-corrected chi connectivity index (χ0v) is 9.30. The maximum Gasteiger partial charge on any atom is 0.104 e. The number of rotatable bonds is 3. The molecule has 0 radical (unpaired) electrons. The second kappa shape index (κ2) is 4.90. The van der Waals surface area contributed by atoms with Crippen LogP contribution in [0.4, 0.5) is 0 Å². The van der Waals surface area contributed by atoms with Gasteiger partial charge in [-0.25, -0.2) is 0 Å². The molecular weight excluding hydrogens is 198 g/mol. The Balaban J connectivity index is 2.37. The molecule has 0 amide bonds. The van der Waals surface area contributed by atoms with E-state index in [1.807, 2.05) is 42.6 Å². The Kier molecular flexibility index (Phi) is 3.32. The molecule has 0 aliphatic heterocycles. The van der Waals surface area contributed by atoms with Crippen LogP contribution in [0, 0.1) is 0 Å². The minimum absolute atomic E-state index is 0.556. The van der Waals surface area contributed by atoms with Crippen LogP contribution in [-0.4, -0.2) is 10.1 Å². The van der Waals surface area contributed by atoms with Crippen LogP contribution in [0.5, 0.6) is 0 Å². The molecule has 1 heterocycles. The Morgan fingerprint density at radius 3 is 2.62 bits per heavy atom. The highest BCUT2D eigenvalue weighted by atomic mass is 16.3. The third-order valence-electron chi connectivity index (χ3n) is 2.73. The van der Waals surface area contributed by atoms with E-state index < -0.39 is 6.10 Å². The van der Waals surface area contributed by atoms with E-state index in [9.17, 15) is 5.11 Å². The van der Waals surface area contributed by atoms with E-state index in [1.165, 1.54) is 0 Å². The Bertz CT molecular complexity index is 453. The first-order chi connectivity index (χ1) is 7.83. The van der Waals surface area contributed by atoms with Crippen LogP contribution in [0.1, 0.15) is 29.7 Å². The van der Waals surface area contributed by atoms with E-state index in [-0.39, 0.29) is 0 Å². The molecule has 2 nitrogen and oxygen atoms in total. The molecule has 1 unspecified atom stereocenters. The van der Waals surface area contributed by atoms with Gasteiger partial charge < -0.3 is 5.11 Å². The predicted octanol–water partition coefficient (Wildman–Crippen LogP) is 2.73. The lowest BCUT2D eigenvalue weighted by Crippen LogP contribution is -2.03. The molecule has 0 fully saturated rings. The molecular formula is C14H15NO. The number of aliphatic hydroxyl groups is 1. The van der Waals surface area contributed by atoms with Crippen molar-refractivity contribution in [2.45, 2.75) is 19.4 Å². The first kappa shape index (κ1) is 10.8. The van der Waals surface area contributed by atoms with Gasteiger partial charge in [0.25, 0.3) is 0 Å². The fourth-order valence-corrected chi connectivity index (χ4v) is 1.81. The van der Waals surface area contributed by atoms with Gasteiger partial charge in [0, 0.05) is 12.4 Å². The summed E-state index contributed by atoms with van der Waals surface area (Å²) in [6.07, 6.45) is 3.87. The molecule has 0 spiro atoms. The van der Waals surface area contributed by atoms with Crippen molar-refractivity contribution in [3.63, 3.8) is 0 Å². The van der Waals surface area contributed by atoms with Crippen molar-refractivity contribution >= 4 is 0 Å². The summed E-state index contributed by atoms with van der Waals surface area (Å²) in [4.78, 5) is 4.08. The molecule has 1 N–H and O–H groups in total. The fourth-order valence-electron chi connectivity index (χ4n) is 1.81. The largest absolute Gasteiger partial charge is 0.384 e. The highest BCUT2D eigenvalue weighted by Gasteiger charge is 2.12. The highest BCUT2D eigenvalue weighted by molar-refractivity contribution is 5.33. The monoisotopic (exact) mass is 213 g/mol. The first-order valence-corrected chi connectivity index (χ1v) is 5.48. The predicted molar refractivity (Wildman–Crippen MR) is 64.1 cm³/mol. The molecule has 0 saturated carbocycles. The van der Waals surface area contributed by atoms with Gasteiger partial charge in [0.2, 0.25) is 0 Å². The van der Waals surface area contributed by atoms with E-state index in [2.05, 4.69) is 11.9 Å². The van der Waals surface area contributed by atoms with Crippen molar-refractivity contribution < 1.29 is 5.11 Å². The molecule has 82 valence electrons. The number of benzene rings is 1. The van der Waals surface area contributed by atoms with E-state index in [1.54, 1.807) is 6.20 Å². The summed E-state index contributed by atoms with van der Waals surface area (Å²) in [5.41, 5.74) is 2.96.